The molecule has 4 unspecified atom stereocenters. The number of carbonyl (C=O) groups excluding carboxylic acids is 2. The maximum atomic E-state index is 14.3. The van der Waals surface area contributed by atoms with Gasteiger partial charge in [0.15, 0.2) is 22.6 Å². The number of hydrogen-bond acceptors (Lipinski definition) is 12. The Morgan fingerprint density at radius 3 is 2.59 bits per heavy atom. The zero-order valence-corrected chi connectivity index (χ0v) is 29.1. The number of ether oxygens (including phenoxy) is 3. The number of nitrogen functional groups attached to an aromatic ring is 1. The third kappa shape index (κ3) is 9.98. The van der Waals surface area contributed by atoms with E-state index in [1.165, 1.54) is 17.8 Å². The number of benzene rings is 1. The number of fused-ring (bicyclic) bond motifs is 1. The average Bonchev–Trinajstić information content (AvgIpc) is 3.63. The molecule has 49 heavy (non-hydrogen) atoms. The Hall–Kier alpha value is -4.09. The lowest BCUT2D eigenvalue weighted by Crippen LogP contribution is -2.45. The SMILES string of the molecule is C#CC1(CO[P@@](=O)(NC(C)C(=O)OC(C)C)Oc2ccccc2)OC(n2cnc3c(N)nc(F)nc32)CC1OC(=O)CCCCCCCC. The van der Waals surface area contributed by atoms with Crippen molar-refractivity contribution in [1.29, 1.82) is 0 Å². The van der Waals surface area contributed by atoms with E-state index < -0.39 is 62.4 Å². The summed E-state index contributed by atoms with van der Waals surface area (Å²) >= 11 is 0. The number of nitrogens with zero attached hydrogens (tertiary/aromatic N) is 4. The molecule has 2 aromatic heterocycles. The first kappa shape index (κ1) is 37.7. The molecule has 0 spiro atoms. The number of aromatic nitrogens is 4. The molecule has 3 heterocycles. The van der Waals surface area contributed by atoms with Crippen molar-refractivity contribution in [2.45, 2.75) is 109 Å². The van der Waals surface area contributed by atoms with Crippen molar-refractivity contribution < 1.29 is 41.8 Å². The summed E-state index contributed by atoms with van der Waals surface area (Å²) in [6.45, 7) is 6.31. The van der Waals surface area contributed by atoms with Gasteiger partial charge in [-0.25, -0.2) is 9.55 Å². The van der Waals surface area contributed by atoms with Crippen LogP contribution in [0.1, 0.15) is 85.3 Å². The normalized spacial score (nSPS) is 20.8. The van der Waals surface area contributed by atoms with E-state index in [1.54, 1.807) is 44.2 Å². The number of para-hydroxylation sites is 1. The molecule has 3 N–H and O–H groups in total. The molecule has 266 valence electrons. The third-order valence-corrected chi connectivity index (χ3v) is 9.36. The second-order valence-corrected chi connectivity index (χ2v) is 13.7. The molecule has 0 bridgehead atoms. The quantitative estimate of drug-likeness (QED) is 0.0548. The predicted octanol–water partition coefficient (Wildman–Crippen LogP) is 5.63. The molecule has 16 heteroatoms. The largest absolute Gasteiger partial charge is 0.462 e. The van der Waals surface area contributed by atoms with Crippen molar-refractivity contribution in [3.63, 3.8) is 0 Å². The number of rotatable bonds is 18. The summed E-state index contributed by atoms with van der Waals surface area (Å²) in [4.78, 5) is 37.3. The van der Waals surface area contributed by atoms with E-state index >= 15 is 0 Å². The van der Waals surface area contributed by atoms with Crippen LogP contribution in [0.4, 0.5) is 10.2 Å². The highest BCUT2D eigenvalue weighted by molar-refractivity contribution is 7.52. The molecule has 4 rings (SSSR count). The molecule has 0 amide bonds. The Morgan fingerprint density at radius 1 is 1.18 bits per heavy atom. The van der Waals surface area contributed by atoms with Gasteiger partial charge in [0.2, 0.25) is 0 Å². The molecular weight excluding hydrogens is 658 g/mol. The molecule has 0 aliphatic carbocycles. The van der Waals surface area contributed by atoms with Gasteiger partial charge in [0.25, 0.3) is 0 Å². The molecule has 1 saturated heterocycles. The zero-order valence-electron chi connectivity index (χ0n) is 28.2. The van der Waals surface area contributed by atoms with Crippen LogP contribution >= 0.6 is 7.75 Å². The molecule has 1 aromatic carbocycles. The molecule has 0 radical (unpaired) electrons. The van der Waals surface area contributed by atoms with Crippen molar-refractivity contribution in [2.24, 2.45) is 0 Å². The highest BCUT2D eigenvalue weighted by Gasteiger charge is 2.53. The Balaban J connectivity index is 1.61. The van der Waals surface area contributed by atoms with Crippen LogP contribution in [0.3, 0.4) is 0 Å². The van der Waals surface area contributed by atoms with E-state index in [-0.39, 0.29) is 35.6 Å². The van der Waals surface area contributed by atoms with Crippen LogP contribution in [-0.2, 0) is 32.9 Å². The van der Waals surface area contributed by atoms with Gasteiger partial charge in [0.05, 0.1) is 12.4 Å². The Morgan fingerprint density at radius 2 is 1.90 bits per heavy atom. The highest BCUT2D eigenvalue weighted by atomic mass is 31.2. The number of carbonyl (C=O) groups is 2. The lowest BCUT2D eigenvalue weighted by atomic mass is 9.98. The number of nitrogens with two attached hydrogens (primary N) is 1. The Kier molecular flexibility index (Phi) is 13.1. The van der Waals surface area contributed by atoms with Gasteiger partial charge < -0.3 is 24.5 Å². The van der Waals surface area contributed by atoms with E-state index in [0.717, 1.165) is 32.1 Å². The summed E-state index contributed by atoms with van der Waals surface area (Å²) in [6.07, 6.45) is 9.69. The van der Waals surface area contributed by atoms with Crippen LogP contribution in [0.15, 0.2) is 36.7 Å². The number of imidazole rings is 1. The molecule has 3 aromatic rings. The molecule has 5 atom stereocenters. The van der Waals surface area contributed by atoms with Crippen LogP contribution < -0.4 is 15.3 Å². The maximum absolute atomic E-state index is 14.3. The minimum absolute atomic E-state index is 0.0261. The summed E-state index contributed by atoms with van der Waals surface area (Å²) < 4.78 is 59.0. The lowest BCUT2D eigenvalue weighted by Gasteiger charge is -2.31. The van der Waals surface area contributed by atoms with E-state index in [2.05, 4.69) is 32.9 Å². The number of anilines is 1. The first-order chi connectivity index (χ1) is 23.4. The summed E-state index contributed by atoms with van der Waals surface area (Å²) in [5.41, 5.74) is 4.19. The van der Waals surface area contributed by atoms with Gasteiger partial charge in [-0.2, -0.15) is 19.4 Å². The van der Waals surface area contributed by atoms with Gasteiger partial charge in [0, 0.05) is 12.8 Å². The van der Waals surface area contributed by atoms with E-state index in [4.69, 9.17) is 35.4 Å². The topological polar surface area (TPSA) is 179 Å². The number of esters is 2. The van der Waals surface area contributed by atoms with Crippen molar-refractivity contribution in [2.75, 3.05) is 12.3 Å². The van der Waals surface area contributed by atoms with Gasteiger partial charge in [-0.05, 0) is 39.3 Å². The van der Waals surface area contributed by atoms with Crippen LogP contribution in [0.25, 0.3) is 11.2 Å². The smallest absolute Gasteiger partial charge is 0.459 e. The molecule has 1 aliphatic rings. The maximum Gasteiger partial charge on any atom is 0.459 e. The van der Waals surface area contributed by atoms with E-state index in [0.29, 0.717) is 6.42 Å². The average molecular weight is 703 g/mol. The fraction of sp³-hybridized carbons (Fsp3) is 0.545. The number of hydrogen-bond donors (Lipinski definition) is 2. The summed E-state index contributed by atoms with van der Waals surface area (Å²) in [6, 6.07) is 7.05. The van der Waals surface area contributed by atoms with Gasteiger partial charge in [-0.3, -0.25) is 18.7 Å². The molecular formula is C33H44FN6O8P. The van der Waals surface area contributed by atoms with Crippen molar-refractivity contribution >= 4 is 36.7 Å². The van der Waals surface area contributed by atoms with Gasteiger partial charge >= 0.3 is 25.8 Å². The molecule has 0 saturated carbocycles. The monoisotopic (exact) mass is 702 g/mol. The predicted molar refractivity (Wildman–Crippen MR) is 178 cm³/mol. The minimum Gasteiger partial charge on any atom is -0.462 e. The summed E-state index contributed by atoms with van der Waals surface area (Å²) in [5, 5.41) is 2.61. The number of terminal acetylenes is 1. The minimum atomic E-state index is -4.40. The van der Waals surface area contributed by atoms with Gasteiger partial charge in [-0.1, -0.05) is 63.1 Å². The second kappa shape index (κ2) is 17.0. The van der Waals surface area contributed by atoms with E-state index in [1.807, 2.05) is 0 Å². The van der Waals surface area contributed by atoms with Crippen molar-refractivity contribution in [3.05, 3.63) is 42.7 Å². The van der Waals surface area contributed by atoms with Crippen LogP contribution in [-0.4, -0.2) is 61.9 Å². The van der Waals surface area contributed by atoms with Crippen LogP contribution in [0.5, 0.6) is 5.75 Å². The third-order valence-electron chi connectivity index (χ3n) is 7.74. The Labute approximate surface area is 285 Å². The number of nitrogens with one attached hydrogen (secondary N) is 1. The van der Waals surface area contributed by atoms with Crippen LogP contribution in [0.2, 0.25) is 0 Å². The van der Waals surface area contributed by atoms with Crippen molar-refractivity contribution in [1.82, 2.24) is 24.6 Å². The first-order valence-corrected chi connectivity index (χ1v) is 17.9. The summed E-state index contributed by atoms with van der Waals surface area (Å²) in [5.74, 6) is 1.33. The summed E-state index contributed by atoms with van der Waals surface area (Å²) in [7, 11) is -4.40. The fourth-order valence-electron chi connectivity index (χ4n) is 5.25. The molecule has 1 aliphatic heterocycles. The van der Waals surface area contributed by atoms with Gasteiger partial charge in [-0.15, -0.1) is 6.42 Å². The fourth-order valence-corrected chi connectivity index (χ4v) is 6.77. The highest BCUT2D eigenvalue weighted by Crippen LogP contribution is 2.48. The first-order valence-electron chi connectivity index (χ1n) is 16.4. The number of halogens is 1. The zero-order chi connectivity index (χ0) is 35.6. The Bertz CT molecular complexity index is 1670. The van der Waals surface area contributed by atoms with Crippen molar-refractivity contribution in [3.8, 4) is 18.1 Å². The molecule has 1 fully saturated rings. The molecule has 14 nitrogen and oxygen atoms in total. The lowest BCUT2D eigenvalue weighted by molar-refractivity contribution is -0.158. The van der Waals surface area contributed by atoms with Gasteiger partial charge in [0.1, 0.15) is 30.7 Å². The number of unbranched alkanes of at least 4 members (excludes halogenated alkanes) is 5. The van der Waals surface area contributed by atoms with Crippen LogP contribution in [0, 0.1) is 18.4 Å². The second-order valence-electron chi connectivity index (χ2n) is 12.1. The van der Waals surface area contributed by atoms with E-state index in [9.17, 15) is 18.5 Å². The standard InChI is InChI=1S/C33H44FN6O8P/c1-6-8-9-10-11-15-18-27(41)46-25-19-26(40-21-36-28-29(35)37-32(34)38-30(28)40)47-33(25,7-2)20-44-49(43,48-24-16-13-12-14-17-24)39-23(5)31(42)45-22(3)4/h2,12-14,16-17,21-23,25-26H,6,8-11,15,18-20H2,1,3-5H3,(H,39,43)(H2,35,37,38)/t23?,25?,26?,33?,49-/m0/s1.